The first-order valence-corrected chi connectivity index (χ1v) is 6.18. The zero-order valence-corrected chi connectivity index (χ0v) is 10.4. The molecule has 1 saturated heterocycles. The molecule has 18 heavy (non-hydrogen) atoms. The third-order valence-corrected chi connectivity index (χ3v) is 3.15. The Morgan fingerprint density at radius 3 is 3.11 bits per heavy atom. The number of rotatable bonds is 3. The lowest BCUT2D eigenvalue weighted by Gasteiger charge is -2.24. The molecular formula is C13H18FN3O. The van der Waals surface area contributed by atoms with E-state index in [1.165, 1.54) is 12.1 Å². The Morgan fingerprint density at radius 2 is 2.39 bits per heavy atom. The Morgan fingerprint density at radius 1 is 1.56 bits per heavy atom. The van der Waals surface area contributed by atoms with Crippen LogP contribution in [-0.2, 0) is 0 Å². The van der Waals surface area contributed by atoms with Gasteiger partial charge in [-0.05, 0) is 38.1 Å². The van der Waals surface area contributed by atoms with Crippen LogP contribution in [0.5, 0.6) is 0 Å². The number of hydrogen-bond donors (Lipinski definition) is 2. The first-order chi connectivity index (χ1) is 8.70. The number of benzene rings is 1. The largest absolute Gasteiger partial charge is 0.322 e. The van der Waals surface area contributed by atoms with Gasteiger partial charge in [-0.1, -0.05) is 6.07 Å². The Balaban J connectivity index is 1.99. The van der Waals surface area contributed by atoms with Gasteiger partial charge in [-0.3, -0.25) is 0 Å². The number of nitrogens with zero attached hydrogens (tertiary/aromatic N) is 1. The number of likely N-dealkylation sites (tertiary alicyclic amines) is 1. The molecule has 1 atom stereocenters. The molecule has 0 bridgehead atoms. The van der Waals surface area contributed by atoms with Crippen LogP contribution in [0.15, 0.2) is 24.3 Å². The minimum atomic E-state index is -0.346. The lowest BCUT2D eigenvalue weighted by atomic mass is 10.2. The van der Waals surface area contributed by atoms with Crippen LogP contribution in [0.2, 0.25) is 0 Å². The second kappa shape index (κ2) is 5.82. The molecule has 1 fully saturated rings. The summed E-state index contributed by atoms with van der Waals surface area (Å²) in [5.41, 5.74) is 0.495. The van der Waals surface area contributed by atoms with Gasteiger partial charge in [-0.2, -0.15) is 0 Å². The van der Waals surface area contributed by atoms with Crippen molar-refractivity contribution in [2.75, 3.05) is 25.5 Å². The van der Waals surface area contributed by atoms with E-state index in [9.17, 15) is 9.18 Å². The monoisotopic (exact) mass is 251 g/mol. The fourth-order valence-electron chi connectivity index (χ4n) is 2.31. The third-order valence-electron chi connectivity index (χ3n) is 3.15. The van der Waals surface area contributed by atoms with Crippen LogP contribution in [0.1, 0.15) is 12.8 Å². The zero-order chi connectivity index (χ0) is 13.0. The fourth-order valence-corrected chi connectivity index (χ4v) is 2.31. The summed E-state index contributed by atoms with van der Waals surface area (Å²) >= 11 is 0. The van der Waals surface area contributed by atoms with Crippen molar-refractivity contribution in [3.8, 4) is 0 Å². The van der Waals surface area contributed by atoms with Gasteiger partial charge >= 0.3 is 6.03 Å². The molecule has 0 aromatic heterocycles. The van der Waals surface area contributed by atoms with Gasteiger partial charge in [0.1, 0.15) is 5.82 Å². The Kier molecular flexibility index (Phi) is 4.15. The van der Waals surface area contributed by atoms with Crippen LogP contribution in [0.3, 0.4) is 0 Å². The topological polar surface area (TPSA) is 44.4 Å². The van der Waals surface area contributed by atoms with E-state index in [4.69, 9.17) is 0 Å². The van der Waals surface area contributed by atoms with Crippen LogP contribution in [0, 0.1) is 5.82 Å². The summed E-state index contributed by atoms with van der Waals surface area (Å²) in [5.74, 6) is -0.346. The molecule has 1 aliphatic heterocycles. The van der Waals surface area contributed by atoms with Gasteiger partial charge in [0.2, 0.25) is 0 Å². The maximum Gasteiger partial charge on any atom is 0.322 e. The number of urea groups is 1. The quantitative estimate of drug-likeness (QED) is 0.863. The molecule has 1 aromatic carbocycles. The number of amides is 2. The molecule has 2 amide bonds. The molecule has 1 unspecified atom stereocenters. The van der Waals surface area contributed by atoms with Crippen molar-refractivity contribution in [3.63, 3.8) is 0 Å². The van der Waals surface area contributed by atoms with Gasteiger partial charge in [0.15, 0.2) is 0 Å². The van der Waals surface area contributed by atoms with Gasteiger partial charge in [0.25, 0.3) is 0 Å². The first kappa shape index (κ1) is 12.8. The standard InChI is InChI=1S/C13H18FN3O/c1-15-9-12-6-3-7-17(12)13(18)16-11-5-2-4-10(14)8-11/h2,4-5,8,12,15H,3,6-7,9H2,1H3,(H,16,18). The second-order valence-corrected chi connectivity index (χ2v) is 4.49. The molecule has 4 nitrogen and oxygen atoms in total. The highest BCUT2D eigenvalue weighted by Crippen LogP contribution is 2.18. The van der Waals surface area contributed by atoms with E-state index < -0.39 is 0 Å². The number of halogens is 1. The van der Waals surface area contributed by atoms with E-state index in [-0.39, 0.29) is 17.9 Å². The zero-order valence-electron chi connectivity index (χ0n) is 10.4. The summed E-state index contributed by atoms with van der Waals surface area (Å²) in [5, 5.41) is 5.82. The van der Waals surface area contributed by atoms with E-state index in [2.05, 4.69) is 10.6 Å². The molecule has 1 heterocycles. The summed E-state index contributed by atoms with van der Waals surface area (Å²) < 4.78 is 13.0. The maximum absolute atomic E-state index is 13.0. The summed E-state index contributed by atoms with van der Waals surface area (Å²) in [6.45, 7) is 1.55. The van der Waals surface area contributed by atoms with Crippen molar-refractivity contribution in [1.29, 1.82) is 0 Å². The van der Waals surface area contributed by atoms with Crippen molar-refractivity contribution in [2.24, 2.45) is 0 Å². The van der Waals surface area contributed by atoms with Gasteiger partial charge in [0.05, 0.1) is 0 Å². The van der Waals surface area contributed by atoms with Gasteiger partial charge < -0.3 is 15.5 Å². The van der Waals surface area contributed by atoms with Crippen LogP contribution in [0.4, 0.5) is 14.9 Å². The smallest absolute Gasteiger partial charge is 0.320 e. The van der Waals surface area contributed by atoms with Crippen LogP contribution < -0.4 is 10.6 Å². The Labute approximate surface area is 106 Å². The van der Waals surface area contributed by atoms with E-state index in [1.807, 2.05) is 7.05 Å². The molecular weight excluding hydrogens is 233 g/mol. The number of likely N-dealkylation sites (N-methyl/N-ethyl adjacent to an activating group) is 1. The van der Waals surface area contributed by atoms with Gasteiger partial charge in [-0.25, -0.2) is 9.18 Å². The SMILES string of the molecule is CNCC1CCCN1C(=O)Nc1cccc(F)c1. The molecule has 1 aromatic rings. The maximum atomic E-state index is 13.0. The average molecular weight is 251 g/mol. The number of hydrogen-bond acceptors (Lipinski definition) is 2. The van der Waals surface area contributed by atoms with E-state index in [0.29, 0.717) is 5.69 Å². The first-order valence-electron chi connectivity index (χ1n) is 6.18. The van der Waals surface area contributed by atoms with Gasteiger partial charge in [-0.15, -0.1) is 0 Å². The van der Waals surface area contributed by atoms with Gasteiger partial charge in [0, 0.05) is 24.8 Å². The predicted molar refractivity (Wildman–Crippen MR) is 69.1 cm³/mol. The van der Waals surface area contributed by atoms with Crippen molar-refractivity contribution in [3.05, 3.63) is 30.1 Å². The predicted octanol–water partition coefficient (Wildman–Crippen LogP) is 2.04. The Hall–Kier alpha value is -1.62. The number of nitrogens with one attached hydrogen (secondary N) is 2. The minimum Gasteiger partial charge on any atom is -0.320 e. The van der Waals surface area contributed by atoms with Crippen LogP contribution in [0.25, 0.3) is 0 Å². The Bertz CT molecular complexity index is 424. The summed E-state index contributed by atoms with van der Waals surface area (Å²) in [7, 11) is 1.88. The van der Waals surface area contributed by atoms with Crippen LogP contribution in [-0.4, -0.2) is 37.1 Å². The second-order valence-electron chi connectivity index (χ2n) is 4.49. The van der Waals surface area contributed by atoms with Crippen molar-refractivity contribution >= 4 is 11.7 Å². The minimum absolute atomic E-state index is 0.154. The number of carbonyl (C=O) groups is 1. The molecule has 2 N–H and O–H groups in total. The van der Waals surface area contributed by atoms with Crippen molar-refractivity contribution in [1.82, 2.24) is 10.2 Å². The van der Waals surface area contributed by atoms with Crippen LogP contribution >= 0.6 is 0 Å². The molecule has 5 heteroatoms. The third kappa shape index (κ3) is 2.98. The molecule has 0 spiro atoms. The number of carbonyl (C=O) groups excluding carboxylic acids is 1. The normalized spacial score (nSPS) is 19.0. The van der Waals surface area contributed by atoms with Crippen molar-refractivity contribution in [2.45, 2.75) is 18.9 Å². The summed E-state index contributed by atoms with van der Waals surface area (Å²) in [4.78, 5) is 13.9. The molecule has 2 rings (SSSR count). The fraction of sp³-hybridized carbons (Fsp3) is 0.462. The lowest BCUT2D eigenvalue weighted by molar-refractivity contribution is 0.206. The summed E-state index contributed by atoms with van der Waals surface area (Å²) in [6.07, 6.45) is 2.03. The molecule has 1 aliphatic rings. The number of anilines is 1. The van der Waals surface area contributed by atoms with E-state index in [0.717, 1.165) is 25.9 Å². The highest BCUT2D eigenvalue weighted by Gasteiger charge is 2.27. The highest BCUT2D eigenvalue weighted by molar-refractivity contribution is 5.89. The highest BCUT2D eigenvalue weighted by atomic mass is 19.1. The molecule has 0 saturated carbocycles. The molecule has 98 valence electrons. The summed E-state index contributed by atoms with van der Waals surface area (Å²) in [6, 6.07) is 6.02. The average Bonchev–Trinajstić information content (AvgIpc) is 2.78. The van der Waals surface area contributed by atoms with E-state index >= 15 is 0 Å². The molecule has 0 aliphatic carbocycles. The lowest BCUT2D eigenvalue weighted by Crippen LogP contribution is -2.43. The van der Waals surface area contributed by atoms with E-state index in [1.54, 1.807) is 17.0 Å². The van der Waals surface area contributed by atoms with Crippen molar-refractivity contribution < 1.29 is 9.18 Å². The molecule has 0 radical (unpaired) electrons.